The van der Waals surface area contributed by atoms with Gasteiger partial charge in [-0.05, 0) is 33.6 Å². The summed E-state index contributed by atoms with van der Waals surface area (Å²) in [7, 11) is 1.31. The van der Waals surface area contributed by atoms with Gasteiger partial charge in [0.25, 0.3) is 0 Å². The Labute approximate surface area is 125 Å². The van der Waals surface area contributed by atoms with E-state index in [1.165, 1.54) is 7.11 Å². The van der Waals surface area contributed by atoms with E-state index < -0.39 is 17.2 Å². The highest BCUT2D eigenvalue weighted by atomic mass is 16.6. The number of hydrogen-bond donors (Lipinski definition) is 2. The quantitative estimate of drug-likeness (QED) is 0.720. The molecule has 1 heterocycles. The van der Waals surface area contributed by atoms with Crippen LogP contribution in [0.15, 0.2) is 0 Å². The van der Waals surface area contributed by atoms with E-state index in [2.05, 4.69) is 10.1 Å². The van der Waals surface area contributed by atoms with Crippen LogP contribution in [0.4, 0.5) is 4.79 Å². The zero-order valence-corrected chi connectivity index (χ0v) is 13.3. The van der Waals surface area contributed by atoms with Crippen LogP contribution in [-0.4, -0.2) is 66.6 Å². The second kappa shape index (κ2) is 7.09. The second-order valence-electron chi connectivity index (χ2n) is 6.30. The van der Waals surface area contributed by atoms with Crippen LogP contribution in [0.5, 0.6) is 0 Å². The highest BCUT2D eigenvalue weighted by molar-refractivity contribution is 5.71. The van der Waals surface area contributed by atoms with Crippen LogP contribution >= 0.6 is 0 Å². The molecule has 1 atom stereocenters. The largest absolute Gasteiger partial charge is 0.468 e. The first-order valence-electron chi connectivity index (χ1n) is 7.13. The third-order valence-corrected chi connectivity index (χ3v) is 3.46. The number of carbonyl (C=O) groups excluding carboxylic acids is 2. The van der Waals surface area contributed by atoms with Crippen molar-refractivity contribution < 1.29 is 24.2 Å². The third-order valence-electron chi connectivity index (χ3n) is 3.46. The summed E-state index contributed by atoms with van der Waals surface area (Å²) in [6.07, 6.45) is 1.02. The first kappa shape index (κ1) is 17.7. The van der Waals surface area contributed by atoms with Gasteiger partial charge < -0.3 is 19.9 Å². The van der Waals surface area contributed by atoms with Crippen LogP contribution in [0.25, 0.3) is 0 Å². The number of rotatable bonds is 5. The van der Waals surface area contributed by atoms with Crippen LogP contribution in [0.3, 0.4) is 0 Å². The van der Waals surface area contributed by atoms with Crippen molar-refractivity contribution in [2.45, 2.75) is 44.8 Å². The lowest BCUT2D eigenvalue weighted by Crippen LogP contribution is -2.57. The van der Waals surface area contributed by atoms with Gasteiger partial charge in [0.1, 0.15) is 5.60 Å². The molecule has 122 valence electrons. The third kappa shape index (κ3) is 4.86. The summed E-state index contributed by atoms with van der Waals surface area (Å²) in [5, 5.41) is 12.7. The number of likely N-dealkylation sites (tertiary alicyclic amines) is 1. The number of aliphatic hydroxyl groups is 1. The van der Waals surface area contributed by atoms with E-state index in [1.54, 1.807) is 25.7 Å². The summed E-state index contributed by atoms with van der Waals surface area (Å²) in [5.74, 6) is -0.384. The summed E-state index contributed by atoms with van der Waals surface area (Å²) in [6, 6.07) is 0. The maximum absolute atomic E-state index is 12.3. The number of esters is 1. The Balaban J connectivity index is 2.69. The number of nitrogens with zero attached hydrogens (tertiary/aromatic N) is 1. The summed E-state index contributed by atoms with van der Waals surface area (Å²) in [6.45, 7) is 6.12. The summed E-state index contributed by atoms with van der Waals surface area (Å²) < 4.78 is 9.94. The predicted octanol–water partition coefficient (Wildman–Crippen LogP) is 0.511. The minimum absolute atomic E-state index is 0.0421. The number of methoxy groups -OCH3 is 1. The number of hydrogen-bond acceptors (Lipinski definition) is 6. The lowest BCUT2D eigenvalue weighted by atomic mass is 9.97. The molecule has 0 bridgehead atoms. The molecule has 7 heteroatoms. The Morgan fingerprint density at radius 1 is 1.38 bits per heavy atom. The molecule has 2 N–H and O–H groups in total. The lowest BCUT2D eigenvalue weighted by Gasteiger charge is -2.38. The van der Waals surface area contributed by atoms with Crippen LogP contribution in [0.1, 0.15) is 33.6 Å². The molecule has 0 spiro atoms. The van der Waals surface area contributed by atoms with Crippen LogP contribution < -0.4 is 5.32 Å². The fourth-order valence-electron chi connectivity index (χ4n) is 2.41. The van der Waals surface area contributed by atoms with E-state index in [4.69, 9.17) is 4.74 Å². The van der Waals surface area contributed by atoms with Crippen LogP contribution in [0, 0.1) is 0 Å². The summed E-state index contributed by atoms with van der Waals surface area (Å²) in [4.78, 5) is 24.9. The maximum Gasteiger partial charge on any atom is 0.410 e. The van der Waals surface area contributed by atoms with Gasteiger partial charge in [-0.1, -0.05) is 0 Å². The van der Waals surface area contributed by atoms with Gasteiger partial charge in [0, 0.05) is 13.1 Å². The molecule has 1 rings (SSSR count). The van der Waals surface area contributed by atoms with Gasteiger partial charge in [0.05, 0.1) is 25.8 Å². The van der Waals surface area contributed by atoms with Gasteiger partial charge in [-0.2, -0.15) is 0 Å². The normalized spacial score (nSPS) is 22.2. The molecular formula is C14H26N2O5. The van der Waals surface area contributed by atoms with E-state index >= 15 is 0 Å². The Morgan fingerprint density at radius 3 is 2.57 bits per heavy atom. The molecule has 1 aliphatic heterocycles. The molecule has 0 radical (unpaired) electrons. The highest BCUT2D eigenvalue weighted by Gasteiger charge is 2.44. The molecule has 0 aromatic carbocycles. The van der Waals surface area contributed by atoms with Crippen molar-refractivity contribution in [1.29, 1.82) is 0 Å². The molecule has 0 aliphatic carbocycles. The standard InChI is InChI=1S/C14H26N2O5/c1-13(2,3)21-12(19)16-7-5-6-14(16,10-17)9-15-8-11(18)20-4/h15,17H,5-10H2,1-4H3. The van der Waals surface area contributed by atoms with Crippen molar-refractivity contribution >= 4 is 12.1 Å². The monoisotopic (exact) mass is 302 g/mol. The number of ether oxygens (including phenoxy) is 2. The second-order valence-corrected chi connectivity index (χ2v) is 6.30. The average Bonchev–Trinajstić information content (AvgIpc) is 2.81. The Hall–Kier alpha value is -1.34. The molecule has 1 saturated heterocycles. The molecule has 1 unspecified atom stereocenters. The molecule has 7 nitrogen and oxygen atoms in total. The summed E-state index contributed by atoms with van der Waals surface area (Å²) in [5.41, 5.74) is -1.31. The van der Waals surface area contributed by atoms with Crippen molar-refractivity contribution in [2.75, 3.05) is 33.4 Å². The fourth-order valence-corrected chi connectivity index (χ4v) is 2.41. The number of nitrogens with one attached hydrogen (secondary N) is 1. The van der Waals surface area contributed by atoms with E-state index in [-0.39, 0.29) is 19.1 Å². The van der Waals surface area contributed by atoms with E-state index in [0.29, 0.717) is 19.5 Å². The minimum atomic E-state index is -0.726. The van der Waals surface area contributed by atoms with Crippen molar-refractivity contribution in [3.05, 3.63) is 0 Å². The number of carbonyl (C=O) groups is 2. The molecule has 1 aliphatic rings. The molecule has 21 heavy (non-hydrogen) atoms. The molecule has 1 amide bonds. The van der Waals surface area contributed by atoms with Gasteiger partial charge in [-0.15, -0.1) is 0 Å². The maximum atomic E-state index is 12.3. The van der Waals surface area contributed by atoms with Crippen molar-refractivity contribution in [3.63, 3.8) is 0 Å². The van der Waals surface area contributed by atoms with Crippen LogP contribution in [0.2, 0.25) is 0 Å². The summed E-state index contributed by atoms with van der Waals surface area (Å²) >= 11 is 0. The highest BCUT2D eigenvalue weighted by Crippen LogP contribution is 2.30. The molecule has 0 aromatic heterocycles. The number of aliphatic hydroxyl groups excluding tert-OH is 1. The van der Waals surface area contributed by atoms with E-state index in [0.717, 1.165) is 6.42 Å². The average molecular weight is 302 g/mol. The van der Waals surface area contributed by atoms with Crippen LogP contribution in [-0.2, 0) is 14.3 Å². The first-order chi connectivity index (χ1) is 9.74. The van der Waals surface area contributed by atoms with Gasteiger partial charge in [0.15, 0.2) is 0 Å². The zero-order valence-electron chi connectivity index (χ0n) is 13.3. The molecule has 1 fully saturated rings. The zero-order chi connectivity index (χ0) is 16.1. The van der Waals surface area contributed by atoms with E-state index in [9.17, 15) is 14.7 Å². The Morgan fingerprint density at radius 2 is 2.05 bits per heavy atom. The SMILES string of the molecule is COC(=O)CNCC1(CO)CCCN1C(=O)OC(C)(C)C. The minimum Gasteiger partial charge on any atom is -0.468 e. The Bertz CT molecular complexity index is 380. The van der Waals surface area contributed by atoms with E-state index in [1.807, 2.05) is 0 Å². The number of amides is 1. The van der Waals surface area contributed by atoms with Gasteiger partial charge >= 0.3 is 12.1 Å². The Kier molecular flexibility index (Phi) is 5.98. The smallest absolute Gasteiger partial charge is 0.410 e. The molecule has 0 aromatic rings. The van der Waals surface area contributed by atoms with Gasteiger partial charge in [0.2, 0.25) is 0 Å². The molecule has 0 saturated carbocycles. The van der Waals surface area contributed by atoms with Crippen molar-refractivity contribution in [3.8, 4) is 0 Å². The van der Waals surface area contributed by atoms with Gasteiger partial charge in [-0.3, -0.25) is 9.69 Å². The predicted molar refractivity (Wildman–Crippen MR) is 76.9 cm³/mol. The lowest BCUT2D eigenvalue weighted by molar-refractivity contribution is -0.139. The van der Waals surface area contributed by atoms with Crippen molar-refractivity contribution in [1.82, 2.24) is 10.2 Å². The van der Waals surface area contributed by atoms with Crippen molar-refractivity contribution in [2.24, 2.45) is 0 Å². The fraction of sp³-hybridized carbons (Fsp3) is 0.857. The topological polar surface area (TPSA) is 88.1 Å². The first-order valence-corrected chi connectivity index (χ1v) is 7.13. The van der Waals surface area contributed by atoms with Gasteiger partial charge in [-0.25, -0.2) is 4.79 Å². The molecular weight excluding hydrogens is 276 g/mol.